The van der Waals surface area contributed by atoms with E-state index in [-0.39, 0.29) is 0 Å². The average Bonchev–Trinajstić information content (AvgIpc) is 2.41. The monoisotopic (exact) mass is 276 g/mol. The quantitative estimate of drug-likeness (QED) is 0.904. The van der Waals surface area contributed by atoms with Crippen LogP contribution < -0.4 is 10.6 Å². The fourth-order valence-electron chi connectivity index (χ4n) is 2.71. The third kappa shape index (κ3) is 2.93. The van der Waals surface area contributed by atoms with Gasteiger partial charge in [0.15, 0.2) is 0 Å². The van der Waals surface area contributed by atoms with Gasteiger partial charge < -0.3 is 15.5 Å². The van der Waals surface area contributed by atoms with E-state index in [1.165, 1.54) is 0 Å². The number of piperidine rings is 1. The SMILES string of the molecule is Cc1cc(C(N)=O)c(N2CCC(N(C)C)CC2)nc1C. The smallest absolute Gasteiger partial charge is 0.252 e. The van der Waals surface area contributed by atoms with Gasteiger partial charge in [0.25, 0.3) is 5.91 Å². The summed E-state index contributed by atoms with van der Waals surface area (Å²) in [5.74, 6) is 0.350. The van der Waals surface area contributed by atoms with E-state index >= 15 is 0 Å². The molecule has 2 rings (SSSR count). The van der Waals surface area contributed by atoms with Crippen molar-refractivity contribution in [1.29, 1.82) is 0 Å². The summed E-state index contributed by atoms with van der Waals surface area (Å²) in [5, 5.41) is 0. The maximum absolute atomic E-state index is 11.6. The van der Waals surface area contributed by atoms with Crippen LogP contribution in [0.25, 0.3) is 0 Å². The topological polar surface area (TPSA) is 62.5 Å². The Morgan fingerprint density at radius 2 is 1.95 bits per heavy atom. The van der Waals surface area contributed by atoms with E-state index in [0.717, 1.165) is 43.0 Å². The number of anilines is 1. The van der Waals surface area contributed by atoms with Crippen molar-refractivity contribution in [2.75, 3.05) is 32.1 Å². The van der Waals surface area contributed by atoms with Gasteiger partial charge in [-0.15, -0.1) is 0 Å². The van der Waals surface area contributed by atoms with Crippen LogP contribution in [0.1, 0.15) is 34.5 Å². The summed E-state index contributed by atoms with van der Waals surface area (Å²) in [6.45, 7) is 5.75. The molecule has 20 heavy (non-hydrogen) atoms. The van der Waals surface area contributed by atoms with Crippen LogP contribution in [0.3, 0.4) is 0 Å². The van der Waals surface area contributed by atoms with Crippen LogP contribution in [0.2, 0.25) is 0 Å². The van der Waals surface area contributed by atoms with Gasteiger partial charge in [-0.1, -0.05) is 0 Å². The number of nitrogens with two attached hydrogens (primary N) is 1. The third-order valence-corrected chi connectivity index (χ3v) is 4.21. The lowest BCUT2D eigenvalue weighted by Gasteiger charge is -2.36. The molecular formula is C15H24N4O. The first-order valence-corrected chi connectivity index (χ1v) is 7.09. The number of pyridine rings is 1. The van der Waals surface area contributed by atoms with Gasteiger partial charge in [0.05, 0.1) is 5.56 Å². The zero-order valence-corrected chi connectivity index (χ0v) is 12.8. The molecule has 1 aliphatic heterocycles. The lowest BCUT2D eigenvalue weighted by molar-refractivity contribution is 0.1000. The molecule has 1 aromatic rings. The molecule has 0 saturated carbocycles. The second-order valence-corrected chi connectivity index (χ2v) is 5.81. The van der Waals surface area contributed by atoms with Gasteiger partial charge >= 0.3 is 0 Å². The molecule has 0 bridgehead atoms. The average molecular weight is 276 g/mol. The summed E-state index contributed by atoms with van der Waals surface area (Å²) < 4.78 is 0. The van der Waals surface area contributed by atoms with Gasteiger partial charge in [0.2, 0.25) is 0 Å². The summed E-state index contributed by atoms with van der Waals surface area (Å²) in [5.41, 5.74) is 8.00. The minimum atomic E-state index is -0.398. The first kappa shape index (κ1) is 14.8. The van der Waals surface area contributed by atoms with E-state index in [0.29, 0.717) is 11.6 Å². The highest BCUT2D eigenvalue weighted by atomic mass is 16.1. The minimum Gasteiger partial charge on any atom is -0.365 e. The molecule has 0 atom stereocenters. The first-order valence-electron chi connectivity index (χ1n) is 7.09. The number of amides is 1. The number of aryl methyl sites for hydroxylation is 2. The van der Waals surface area contributed by atoms with Gasteiger partial charge in [-0.2, -0.15) is 0 Å². The maximum Gasteiger partial charge on any atom is 0.252 e. The van der Waals surface area contributed by atoms with Crippen molar-refractivity contribution in [3.63, 3.8) is 0 Å². The van der Waals surface area contributed by atoms with Crippen LogP contribution in [0.15, 0.2) is 6.07 Å². The molecule has 110 valence electrons. The second-order valence-electron chi connectivity index (χ2n) is 5.81. The van der Waals surface area contributed by atoms with Crippen LogP contribution >= 0.6 is 0 Å². The molecule has 0 unspecified atom stereocenters. The van der Waals surface area contributed by atoms with Crippen molar-refractivity contribution in [1.82, 2.24) is 9.88 Å². The molecule has 5 nitrogen and oxygen atoms in total. The number of rotatable bonds is 3. The molecule has 2 heterocycles. The Morgan fingerprint density at radius 3 is 2.45 bits per heavy atom. The Hall–Kier alpha value is -1.62. The van der Waals surface area contributed by atoms with Gasteiger partial charge in [0.1, 0.15) is 5.82 Å². The summed E-state index contributed by atoms with van der Waals surface area (Å²) in [4.78, 5) is 20.7. The van der Waals surface area contributed by atoms with Crippen LogP contribution in [0, 0.1) is 13.8 Å². The fraction of sp³-hybridized carbons (Fsp3) is 0.600. The molecular weight excluding hydrogens is 252 g/mol. The Kier molecular flexibility index (Phi) is 4.28. The molecule has 5 heteroatoms. The van der Waals surface area contributed by atoms with Crippen molar-refractivity contribution < 1.29 is 4.79 Å². The summed E-state index contributed by atoms with van der Waals surface area (Å²) >= 11 is 0. The largest absolute Gasteiger partial charge is 0.365 e. The maximum atomic E-state index is 11.6. The Morgan fingerprint density at radius 1 is 1.35 bits per heavy atom. The molecule has 1 saturated heterocycles. The molecule has 1 amide bonds. The molecule has 0 spiro atoms. The number of primary amides is 1. The van der Waals surface area contributed by atoms with E-state index in [9.17, 15) is 4.79 Å². The third-order valence-electron chi connectivity index (χ3n) is 4.21. The predicted molar refractivity (Wildman–Crippen MR) is 81.2 cm³/mol. The first-order chi connectivity index (χ1) is 9.40. The van der Waals surface area contributed by atoms with E-state index in [4.69, 9.17) is 5.73 Å². The molecule has 0 aromatic carbocycles. The summed E-state index contributed by atoms with van der Waals surface area (Å²) in [6.07, 6.45) is 2.17. The van der Waals surface area contributed by atoms with Crippen LogP contribution in [-0.4, -0.2) is 49.0 Å². The van der Waals surface area contributed by atoms with E-state index in [2.05, 4.69) is 28.9 Å². The standard InChI is InChI=1S/C15H24N4O/c1-10-9-13(14(16)20)15(17-11(10)2)19-7-5-12(6-8-19)18(3)4/h9,12H,5-8H2,1-4H3,(H2,16,20). The molecule has 1 aliphatic rings. The summed E-state index contributed by atoms with van der Waals surface area (Å²) in [7, 11) is 4.23. The highest BCUT2D eigenvalue weighted by molar-refractivity contribution is 5.98. The highest BCUT2D eigenvalue weighted by Gasteiger charge is 2.24. The van der Waals surface area contributed by atoms with E-state index < -0.39 is 5.91 Å². The normalized spacial score (nSPS) is 16.8. The van der Waals surface area contributed by atoms with E-state index in [1.807, 2.05) is 19.9 Å². The van der Waals surface area contributed by atoms with Gasteiger partial charge in [-0.05, 0) is 52.4 Å². The van der Waals surface area contributed by atoms with Crippen molar-refractivity contribution >= 4 is 11.7 Å². The van der Waals surface area contributed by atoms with Gasteiger partial charge in [0, 0.05) is 24.8 Å². The Balaban J connectivity index is 2.25. The lowest BCUT2D eigenvalue weighted by Crippen LogP contribution is -2.43. The Bertz CT molecular complexity index is 505. The zero-order valence-electron chi connectivity index (χ0n) is 12.8. The van der Waals surface area contributed by atoms with Crippen LogP contribution in [-0.2, 0) is 0 Å². The molecule has 2 N–H and O–H groups in total. The molecule has 1 fully saturated rings. The fourth-order valence-corrected chi connectivity index (χ4v) is 2.71. The number of hydrogen-bond donors (Lipinski definition) is 1. The summed E-state index contributed by atoms with van der Waals surface area (Å²) in [6, 6.07) is 2.47. The van der Waals surface area contributed by atoms with E-state index in [1.54, 1.807) is 0 Å². The van der Waals surface area contributed by atoms with Crippen molar-refractivity contribution in [3.05, 3.63) is 22.9 Å². The van der Waals surface area contributed by atoms with Crippen LogP contribution in [0.5, 0.6) is 0 Å². The zero-order chi connectivity index (χ0) is 14.9. The predicted octanol–water partition coefficient (Wildman–Crippen LogP) is 1.33. The van der Waals surface area contributed by atoms with Crippen molar-refractivity contribution in [2.45, 2.75) is 32.7 Å². The molecule has 0 aliphatic carbocycles. The minimum absolute atomic E-state index is 0.398. The van der Waals surface area contributed by atoms with Crippen molar-refractivity contribution in [3.8, 4) is 0 Å². The van der Waals surface area contributed by atoms with Gasteiger partial charge in [-0.3, -0.25) is 4.79 Å². The number of carbonyl (C=O) groups is 1. The van der Waals surface area contributed by atoms with Gasteiger partial charge in [-0.25, -0.2) is 4.98 Å². The number of hydrogen-bond acceptors (Lipinski definition) is 4. The molecule has 1 aromatic heterocycles. The Labute approximate surface area is 120 Å². The lowest BCUT2D eigenvalue weighted by atomic mass is 10.0. The number of nitrogens with zero attached hydrogens (tertiary/aromatic N) is 3. The number of carbonyl (C=O) groups excluding carboxylic acids is 1. The van der Waals surface area contributed by atoms with Crippen LogP contribution in [0.4, 0.5) is 5.82 Å². The second kappa shape index (κ2) is 5.79. The number of aromatic nitrogens is 1. The molecule has 0 radical (unpaired) electrons. The van der Waals surface area contributed by atoms with Crippen molar-refractivity contribution in [2.24, 2.45) is 5.73 Å². The highest BCUT2D eigenvalue weighted by Crippen LogP contribution is 2.25.